The van der Waals surface area contributed by atoms with Gasteiger partial charge in [-0.05, 0) is 56.0 Å². The molecule has 0 spiro atoms. The first-order valence-electron chi connectivity index (χ1n) is 10.4. The van der Waals surface area contributed by atoms with Gasteiger partial charge >= 0.3 is 0 Å². The van der Waals surface area contributed by atoms with Crippen LogP contribution in [0, 0.1) is 11.7 Å². The smallest absolute Gasteiger partial charge is 0.193 e. The molecule has 2 aromatic rings. The molecular formula is C22H33FIN5S. The van der Waals surface area contributed by atoms with Gasteiger partial charge in [0.05, 0.1) is 10.7 Å². The molecule has 3 rings (SSSR count). The molecule has 0 aliphatic carbocycles. The third-order valence-corrected chi connectivity index (χ3v) is 6.49. The van der Waals surface area contributed by atoms with E-state index in [0.29, 0.717) is 12.5 Å². The molecule has 1 aromatic carbocycles. The number of aromatic nitrogens is 1. The number of likely N-dealkylation sites (tertiary alicyclic amines) is 1. The van der Waals surface area contributed by atoms with Gasteiger partial charge in [0.25, 0.3) is 0 Å². The maximum absolute atomic E-state index is 13.1. The number of hydrogen-bond acceptors (Lipinski definition) is 4. The summed E-state index contributed by atoms with van der Waals surface area (Å²) in [4.78, 5) is 13.7. The lowest BCUT2D eigenvalue weighted by Gasteiger charge is -2.32. The summed E-state index contributed by atoms with van der Waals surface area (Å²) in [5.74, 6) is 1.33. The summed E-state index contributed by atoms with van der Waals surface area (Å²) < 4.78 is 13.1. The zero-order chi connectivity index (χ0) is 20.6. The van der Waals surface area contributed by atoms with Crippen LogP contribution in [0.3, 0.4) is 0 Å². The van der Waals surface area contributed by atoms with E-state index in [0.717, 1.165) is 44.1 Å². The van der Waals surface area contributed by atoms with Crippen molar-refractivity contribution in [3.63, 3.8) is 0 Å². The second-order valence-corrected chi connectivity index (χ2v) is 8.66. The average molecular weight is 546 g/mol. The van der Waals surface area contributed by atoms with Crippen LogP contribution in [-0.4, -0.2) is 54.5 Å². The molecule has 0 atom stereocenters. The van der Waals surface area contributed by atoms with E-state index in [1.807, 2.05) is 26.2 Å². The molecule has 166 valence electrons. The number of benzene rings is 1. The first-order valence-corrected chi connectivity index (χ1v) is 11.3. The van der Waals surface area contributed by atoms with E-state index < -0.39 is 0 Å². The number of guanidine groups is 1. The van der Waals surface area contributed by atoms with Crippen LogP contribution in [0.15, 0.2) is 34.6 Å². The summed E-state index contributed by atoms with van der Waals surface area (Å²) in [5, 5.41) is 6.95. The van der Waals surface area contributed by atoms with E-state index in [2.05, 4.69) is 32.4 Å². The van der Waals surface area contributed by atoms with E-state index in [1.54, 1.807) is 11.3 Å². The van der Waals surface area contributed by atoms with Crippen LogP contribution in [0.4, 0.5) is 4.39 Å². The Bertz CT molecular complexity index is 787. The number of piperidine rings is 1. The maximum atomic E-state index is 13.1. The van der Waals surface area contributed by atoms with Gasteiger partial charge in [-0.1, -0.05) is 19.1 Å². The second kappa shape index (κ2) is 12.6. The fraction of sp³-hybridized carbons (Fsp3) is 0.545. The topological polar surface area (TPSA) is 43.8 Å². The minimum Gasteiger partial charge on any atom is -0.356 e. The van der Waals surface area contributed by atoms with E-state index in [-0.39, 0.29) is 29.8 Å². The van der Waals surface area contributed by atoms with E-state index in [1.165, 1.54) is 35.7 Å². The van der Waals surface area contributed by atoms with Gasteiger partial charge in [-0.25, -0.2) is 9.37 Å². The largest absolute Gasteiger partial charge is 0.356 e. The Morgan fingerprint density at radius 3 is 2.60 bits per heavy atom. The van der Waals surface area contributed by atoms with E-state index in [9.17, 15) is 4.39 Å². The predicted octanol–water partition coefficient (Wildman–Crippen LogP) is 4.38. The minimum atomic E-state index is -0.203. The Morgan fingerprint density at radius 2 is 2.00 bits per heavy atom. The normalized spacial score (nSPS) is 15.7. The number of hydrogen-bond donors (Lipinski definition) is 1. The van der Waals surface area contributed by atoms with Crippen LogP contribution < -0.4 is 5.32 Å². The lowest BCUT2D eigenvalue weighted by Crippen LogP contribution is -2.43. The molecule has 2 heterocycles. The zero-order valence-corrected chi connectivity index (χ0v) is 21.3. The summed E-state index contributed by atoms with van der Waals surface area (Å²) >= 11 is 1.77. The summed E-state index contributed by atoms with van der Waals surface area (Å²) in [6.45, 7) is 7.01. The Morgan fingerprint density at radius 1 is 1.30 bits per heavy atom. The van der Waals surface area contributed by atoms with Crippen molar-refractivity contribution in [1.29, 1.82) is 0 Å². The van der Waals surface area contributed by atoms with Crippen LogP contribution in [0.1, 0.15) is 36.0 Å². The van der Waals surface area contributed by atoms with E-state index >= 15 is 0 Å². The van der Waals surface area contributed by atoms with Crippen LogP contribution in [0.2, 0.25) is 0 Å². The van der Waals surface area contributed by atoms with Crippen molar-refractivity contribution in [2.75, 3.05) is 33.7 Å². The number of thiazole rings is 1. The van der Waals surface area contributed by atoms with Gasteiger partial charge in [0.2, 0.25) is 0 Å². The Labute approximate surface area is 200 Å². The van der Waals surface area contributed by atoms with Crippen molar-refractivity contribution in [2.45, 2.75) is 39.3 Å². The predicted molar refractivity (Wildman–Crippen MR) is 134 cm³/mol. The molecule has 1 aliphatic rings. The average Bonchev–Trinajstić information content (AvgIpc) is 3.19. The van der Waals surface area contributed by atoms with Crippen molar-refractivity contribution in [2.24, 2.45) is 10.9 Å². The molecule has 1 N–H and O–H groups in total. The third kappa shape index (κ3) is 7.46. The standard InChI is InChI=1S/C22H32FN5S.HI/c1-4-21-26-20(16-29-21)15-28-11-9-17(10-12-28)13-25-22(24-2)27(3)14-18-5-7-19(23)8-6-18;/h5-8,16-17H,4,9-15H2,1-3H3,(H,24,25);1H. The Hall–Kier alpha value is -1.26. The van der Waals surface area contributed by atoms with Crippen LogP contribution in [-0.2, 0) is 19.5 Å². The van der Waals surface area contributed by atoms with Gasteiger partial charge in [0, 0.05) is 39.1 Å². The van der Waals surface area contributed by atoms with Crippen LogP contribution >= 0.6 is 35.3 Å². The number of aryl methyl sites for hydroxylation is 1. The van der Waals surface area contributed by atoms with Crippen molar-refractivity contribution >= 4 is 41.3 Å². The van der Waals surface area contributed by atoms with Crippen molar-refractivity contribution in [3.8, 4) is 0 Å². The lowest BCUT2D eigenvalue weighted by molar-refractivity contribution is 0.176. The van der Waals surface area contributed by atoms with Crippen LogP contribution in [0.25, 0.3) is 0 Å². The third-order valence-electron chi connectivity index (χ3n) is 5.45. The molecule has 0 saturated carbocycles. The molecule has 1 aromatic heterocycles. The van der Waals surface area contributed by atoms with Gasteiger partial charge in [-0.15, -0.1) is 35.3 Å². The summed E-state index contributed by atoms with van der Waals surface area (Å²) in [6.07, 6.45) is 3.40. The van der Waals surface area contributed by atoms with E-state index in [4.69, 9.17) is 4.98 Å². The van der Waals surface area contributed by atoms with Crippen LogP contribution in [0.5, 0.6) is 0 Å². The van der Waals surface area contributed by atoms with Gasteiger partial charge in [-0.3, -0.25) is 9.89 Å². The molecule has 1 aliphatic heterocycles. The SMILES string of the molecule is CCc1nc(CN2CCC(CNC(=NC)N(C)Cc3ccc(F)cc3)CC2)cs1.I. The summed E-state index contributed by atoms with van der Waals surface area (Å²) in [6, 6.07) is 6.64. The van der Waals surface area contributed by atoms with Gasteiger partial charge in [0.15, 0.2) is 5.96 Å². The molecule has 30 heavy (non-hydrogen) atoms. The number of nitrogens with one attached hydrogen (secondary N) is 1. The minimum absolute atomic E-state index is 0. The summed E-state index contributed by atoms with van der Waals surface area (Å²) in [7, 11) is 3.82. The van der Waals surface area contributed by atoms with Gasteiger partial charge in [0.1, 0.15) is 5.82 Å². The molecule has 1 saturated heterocycles. The number of halogens is 2. The lowest BCUT2D eigenvalue weighted by atomic mass is 9.97. The fourth-order valence-corrected chi connectivity index (χ4v) is 4.46. The molecule has 0 bridgehead atoms. The van der Waals surface area contributed by atoms with Crippen molar-refractivity contribution in [3.05, 3.63) is 51.7 Å². The zero-order valence-electron chi connectivity index (χ0n) is 18.1. The molecule has 1 fully saturated rings. The molecule has 0 amide bonds. The highest BCUT2D eigenvalue weighted by Gasteiger charge is 2.20. The number of rotatable bonds is 7. The first-order chi connectivity index (χ1) is 14.1. The Balaban J connectivity index is 0.00000320. The second-order valence-electron chi connectivity index (χ2n) is 7.72. The molecular weight excluding hydrogens is 512 g/mol. The fourth-order valence-electron chi connectivity index (χ4n) is 3.72. The number of aliphatic imine (C=N–C) groups is 1. The molecule has 0 radical (unpaired) electrons. The molecule has 5 nitrogen and oxygen atoms in total. The highest BCUT2D eigenvalue weighted by atomic mass is 127. The molecule has 8 heteroatoms. The molecule has 0 unspecified atom stereocenters. The monoisotopic (exact) mass is 545 g/mol. The van der Waals surface area contributed by atoms with Gasteiger partial charge < -0.3 is 10.2 Å². The quantitative estimate of drug-likeness (QED) is 0.319. The first kappa shape index (κ1) is 25.0. The van der Waals surface area contributed by atoms with Gasteiger partial charge in [-0.2, -0.15) is 0 Å². The highest BCUT2D eigenvalue weighted by Crippen LogP contribution is 2.19. The highest BCUT2D eigenvalue weighted by molar-refractivity contribution is 14.0. The Kier molecular flexibility index (Phi) is 10.5. The number of nitrogens with zero attached hydrogens (tertiary/aromatic N) is 4. The van der Waals surface area contributed by atoms with Crippen molar-refractivity contribution in [1.82, 2.24) is 20.1 Å². The maximum Gasteiger partial charge on any atom is 0.193 e. The summed E-state index contributed by atoms with van der Waals surface area (Å²) in [5.41, 5.74) is 2.28. The van der Waals surface area contributed by atoms with Crippen molar-refractivity contribution < 1.29 is 4.39 Å².